The van der Waals surface area contributed by atoms with E-state index in [0.29, 0.717) is 12.6 Å². The summed E-state index contributed by atoms with van der Waals surface area (Å²) in [6.45, 7) is 4.75. The second-order valence-corrected chi connectivity index (χ2v) is 4.58. The molecule has 0 amide bonds. The van der Waals surface area contributed by atoms with E-state index in [1.165, 1.54) is 25.7 Å². The molecule has 2 fully saturated rings. The van der Waals surface area contributed by atoms with E-state index in [9.17, 15) is 5.11 Å². The normalized spacial score (nSPS) is 28.1. The van der Waals surface area contributed by atoms with E-state index < -0.39 is 0 Å². The summed E-state index contributed by atoms with van der Waals surface area (Å²) in [6.07, 6.45) is 5.39. The fourth-order valence-corrected chi connectivity index (χ4v) is 2.92. The van der Waals surface area contributed by atoms with Gasteiger partial charge in [-0.3, -0.25) is 4.90 Å². The number of nitrogens with one attached hydrogen (secondary N) is 1. The van der Waals surface area contributed by atoms with Crippen LogP contribution in [0.25, 0.3) is 0 Å². The van der Waals surface area contributed by atoms with Crippen molar-refractivity contribution >= 4 is 0 Å². The van der Waals surface area contributed by atoms with Crippen LogP contribution in [0.3, 0.4) is 0 Å². The van der Waals surface area contributed by atoms with Crippen LogP contribution in [-0.4, -0.2) is 48.8 Å². The summed E-state index contributed by atoms with van der Waals surface area (Å²) >= 11 is 0. The first-order chi connectivity index (χ1) is 6.92. The summed E-state index contributed by atoms with van der Waals surface area (Å²) in [5.41, 5.74) is 0. The van der Waals surface area contributed by atoms with Crippen LogP contribution in [0, 0.1) is 5.92 Å². The van der Waals surface area contributed by atoms with Crippen molar-refractivity contribution in [2.45, 2.75) is 31.7 Å². The topological polar surface area (TPSA) is 35.5 Å². The smallest absolute Gasteiger partial charge is 0.0589 e. The van der Waals surface area contributed by atoms with Gasteiger partial charge < -0.3 is 10.4 Å². The van der Waals surface area contributed by atoms with Crippen LogP contribution >= 0.6 is 0 Å². The Bertz CT molecular complexity index is 163. The summed E-state index contributed by atoms with van der Waals surface area (Å²) < 4.78 is 0. The van der Waals surface area contributed by atoms with Crippen molar-refractivity contribution in [3.8, 4) is 0 Å². The molecule has 1 unspecified atom stereocenters. The third-order valence-electron chi connectivity index (χ3n) is 3.75. The molecule has 3 heteroatoms. The van der Waals surface area contributed by atoms with Gasteiger partial charge in [0.15, 0.2) is 0 Å². The van der Waals surface area contributed by atoms with E-state index in [-0.39, 0.29) is 0 Å². The summed E-state index contributed by atoms with van der Waals surface area (Å²) in [6, 6.07) is 0.444. The molecule has 0 aromatic heterocycles. The van der Waals surface area contributed by atoms with Gasteiger partial charge in [-0.1, -0.05) is 12.8 Å². The molecule has 1 heterocycles. The maximum atomic E-state index is 9.48. The minimum absolute atomic E-state index is 0.352. The Hall–Kier alpha value is -0.120. The average Bonchev–Trinajstić information content (AvgIpc) is 2.74. The molecule has 1 aliphatic carbocycles. The lowest BCUT2D eigenvalue weighted by molar-refractivity contribution is 0.0717. The van der Waals surface area contributed by atoms with E-state index in [1.54, 1.807) is 0 Å². The lowest BCUT2D eigenvalue weighted by atomic mass is 9.97. The first-order valence-corrected chi connectivity index (χ1v) is 5.97. The zero-order valence-electron chi connectivity index (χ0n) is 8.91. The van der Waals surface area contributed by atoms with Gasteiger partial charge in [0.25, 0.3) is 0 Å². The number of nitrogens with zero attached hydrogens (tertiary/aromatic N) is 1. The summed E-state index contributed by atoms with van der Waals surface area (Å²) in [7, 11) is 0. The average molecular weight is 198 g/mol. The van der Waals surface area contributed by atoms with Gasteiger partial charge in [-0.15, -0.1) is 0 Å². The standard InChI is InChI=1S/C11H22N2O/c14-9-11(10-3-1-2-4-10)13-7-5-12-6-8-13/h10-12,14H,1-9H2. The summed E-state index contributed by atoms with van der Waals surface area (Å²) in [5, 5.41) is 12.8. The maximum absolute atomic E-state index is 9.48. The molecule has 0 spiro atoms. The SMILES string of the molecule is OCC(C1CCCC1)N1CCNCC1. The Morgan fingerprint density at radius 2 is 1.86 bits per heavy atom. The third-order valence-corrected chi connectivity index (χ3v) is 3.75. The van der Waals surface area contributed by atoms with Crippen LogP contribution in [0.1, 0.15) is 25.7 Å². The van der Waals surface area contributed by atoms with Gasteiger partial charge in [0.05, 0.1) is 6.61 Å². The van der Waals surface area contributed by atoms with Gasteiger partial charge in [0, 0.05) is 32.2 Å². The highest BCUT2D eigenvalue weighted by molar-refractivity contribution is 4.84. The molecule has 2 N–H and O–H groups in total. The number of aliphatic hydroxyl groups is 1. The van der Waals surface area contributed by atoms with Crippen LogP contribution < -0.4 is 5.32 Å². The van der Waals surface area contributed by atoms with Crippen molar-refractivity contribution in [1.29, 1.82) is 0 Å². The molecule has 1 saturated carbocycles. The van der Waals surface area contributed by atoms with Crippen molar-refractivity contribution in [2.75, 3.05) is 32.8 Å². The minimum Gasteiger partial charge on any atom is -0.395 e. The first-order valence-electron chi connectivity index (χ1n) is 5.97. The second kappa shape index (κ2) is 5.10. The van der Waals surface area contributed by atoms with Crippen molar-refractivity contribution in [2.24, 2.45) is 5.92 Å². The van der Waals surface area contributed by atoms with Crippen LogP contribution in [0.4, 0.5) is 0 Å². The fourth-order valence-electron chi connectivity index (χ4n) is 2.92. The third kappa shape index (κ3) is 2.27. The second-order valence-electron chi connectivity index (χ2n) is 4.58. The highest BCUT2D eigenvalue weighted by Gasteiger charge is 2.29. The lowest BCUT2D eigenvalue weighted by Gasteiger charge is -2.37. The van der Waals surface area contributed by atoms with Crippen molar-refractivity contribution in [3.05, 3.63) is 0 Å². The number of hydrogen-bond donors (Lipinski definition) is 2. The quantitative estimate of drug-likeness (QED) is 0.691. The van der Waals surface area contributed by atoms with Crippen LogP contribution in [0.5, 0.6) is 0 Å². The van der Waals surface area contributed by atoms with Crippen molar-refractivity contribution in [1.82, 2.24) is 10.2 Å². The predicted octanol–water partition coefficient (Wildman–Crippen LogP) is 0.443. The molecule has 1 aliphatic heterocycles. The van der Waals surface area contributed by atoms with E-state index >= 15 is 0 Å². The minimum atomic E-state index is 0.352. The van der Waals surface area contributed by atoms with Gasteiger partial charge in [0.1, 0.15) is 0 Å². The first kappa shape index (κ1) is 10.4. The fraction of sp³-hybridized carbons (Fsp3) is 1.00. The van der Waals surface area contributed by atoms with Crippen molar-refractivity contribution < 1.29 is 5.11 Å². The van der Waals surface area contributed by atoms with Gasteiger partial charge in [-0.25, -0.2) is 0 Å². The van der Waals surface area contributed by atoms with E-state index in [1.807, 2.05) is 0 Å². The van der Waals surface area contributed by atoms with Crippen LogP contribution in [0.2, 0.25) is 0 Å². The number of piperazine rings is 1. The maximum Gasteiger partial charge on any atom is 0.0589 e. The van der Waals surface area contributed by atoms with Gasteiger partial charge in [0.2, 0.25) is 0 Å². The molecule has 0 aromatic carbocycles. The van der Waals surface area contributed by atoms with Crippen molar-refractivity contribution in [3.63, 3.8) is 0 Å². The zero-order valence-corrected chi connectivity index (χ0v) is 8.91. The molecule has 0 bridgehead atoms. The Kier molecular flexibility index (Phi) is 3.79. The molecule has 2 aliphatic rings. The molecule has 14 heavy (non-hydrogen) atoms. The van der Waals surface area contributed by atoms with E-state index in [0.717, 1.165) is 32.1 Å². The molecule has 3 nitrogen and oxygen atoms in total. The molecule has 82 valence electrons. The predicted molar refractivity (Wildman–Crippen MR) is 57.3 cm³/mol. The van der Waals surface area contributed by atoms with Gasteiger partial charge >= 0.3 is 0 Å². The van der Waals surface area contributed by atoms with Crippen LogP contribution in [-0.2, 0) is 0 Å². The zero-order chi connectivity index (χ0) is 9.80. The monoisotopic (exact) mass is 198 g/mol. The number of aliphatic hydroxyl groups excluding tert-OH is 1. The molecule has 0 radical (unpaired) electrons. The van der Waals surface area contributed by atoms with E-state index in [2.05, 4.69) is 10.2 Å². The Balaban J connectivity index is 1.89. The molecule has 0 aromatic rings. The molecular formula is C11H22N2O. The largest absolute Gasteiger partial charge is 0.395 e. The summed E-state index contributed by atoms with van der Waals surface area (Å²) in [5.74, 6) is 0.762. The van der Waals surface area contributed by atoms with Gasteiger partial charge in [-0.05, 0) is 18.8 Å². The molecule has 1 atom stereocenters. The lowest BCUT2D eigenvalue weighted by Crippen LogP contribution is -2.51. The molecule has 2 rings (SSSR count). The Morgan fingerprint density at radius 3 is 2.43 bits per heavy atom. The molecular weight excluding hydrogens is 176 g/mol. The highest BCUT2D eigenvalue weighted by Crippen LogP contribution is 2.30. The number of rotatable bonds is 3. The Labute approximate surface area is 86.5 Å². The van der Waals surface area contributed by atoms with E-state index in [4.69, 9.17) is 0 Å². The highest BCUT2D eigenvalue weighted by atomic mass is 16.3. The number of hydrogen-bond acceptors (Lipinski definition) is 3. The molecule has 1 saturated heterocycles. The Morgan fingerprint density at radius 1 is 1.21 bits per heavy atom. The van der Waals surface area contributed by atoms with Crippen LogP contribution in [0.15, 0.2) is 0 Å². The van der Waals surface area contributed by atoms with Gasteiger partial charge in [-0.2, -0.15) is 0 Å². The summed E-state index contributed by atoms with van der Waals surface area (Å²) in [4.78, 5) is 2.48.